The van der Waals surface area contributed by atoms with Crippen LogP contribution >= 0.6 is 0 Å². The van der Waals surface area contributed by atoms with Gasteiger partial charge in [0, 0.05) is 6.54 Å². The number of nitrogens with zero attached hydrogens (tertiary/aromatic N) is 2. The summed E-state index contributed by atoms with van der Waals surface area (Å²) in [4.78, 5) is 17.5. The second kappa shape index (κ2) is 6.79. The van der Waals surface area contributed by atoms with E-state index in [4.69, 9.17) is 19.2 Å². The summed E-state index contributed by atoms with van der Waals surface area (Å²) in [6.45, 7) is 0.627. The molecule has 0 unspecified atom stereocenters. The Hall–Kier alpha value is -3.28. The normalized spacial score (nSPS) is 14.4. The highest BCUT2D eigenvalue weighted by Crippen LogP contribution is 2.39. The summed E-state index contributed by atoms with van der Waals surface area (Å²) < 4.78 is 18.0. The minimum Gasteiger partial charge on any atom is -0.493 e. The van der Waals surface area contributed by atoms with Crippen LogP contribution in [0.15, 0.2) is 41.2 Å². The van der Waals surface area contributed by atoms with Crippen LogP contribution in [-0.4, -0.2) is 30.9 Å². The summed E-state index contributed by atoms with van der Waals surface area (Å²) in [7, 11) is 4.76. The first-order chi connectivity index (χ1) is 13.2. The largest absolute Gasteiger partial charge is 0.493 e. The predicted molar refractivity (Wildman–Crippen MR) is 105 cm³/mol. The molecule has 0 bridgehead atoms. The molecular formula is C21H20N2O4. The van der Waals surface area contributed by atoms with E-state index in [2.05, 4.69) is 0 Å². The zero-order valence-corrected chi connectivity index (χ0v) is 15.5. The van der Waals surface area contributed by atoms with Gasteiger partial charge in [-0.2, -0.15) is 0 Å². The fourth-order valence-electron chi connectivity index (χ4n) is 3.49. The van der Waals surface area contributed by atoms with Crippen molar-refractivity contribution >= 4 is 22.6 Å². The van der Waals surface area contributed by atoms with Crippen LogP contribution in [-0.2, 0) is 6.54 Å². The molecule has 0 N–H and O–H groups in total. The molecule has 0 saturated carbocycles. The number of benzene rings is 2. The van der Waals surface area contributed by atoms with Crippen LogP contribution in [0.1, 0.15) is 17.8 Å². The zero-order chi connectivity index (χ0) is 19.0. The molecule has 4 rings (SSSR count). The maximum absolute atomic E-state index is 12.7. The molecule has 0 atom stereocenters. The summed E-state index contributed by atoms with van der Waals surface area (Å²) in [6.07, 6.45) is 2.76. The smallest absolute Gasteiger partial charge is 0.261 e. The molecule has 2 heterocycles. The number of ether oxygens (including phenoxy) is 3. The third kappa shape index (κ3) is 2.83. The lowest BCUT2D eigenvalue weighted by Gasteiger charge is -2.13. The molecule has 0 aliphatic carbocycles. The van der Waals surface area contributed by atoms with Crippen molar-refractivity contribution in [1.29, 1.82) is 0 Å². The van der Waals surface area contributed by atoms with Crippen molar-refractivity contribution in [2.75, 3.05) is 21.3 Å². The zero-order valence-electron chi connectivity index (χ0n) is 15.5. The molecule has 0 fully saturated rings. The number of fused-ring (bicyclic) bond motifs is 2. The first-order valence-electron chi connectivity index (χ1n) is 8.66. The summed E-state index contributed by atoms with van der Waals surface area (Å²) in [5, 5.41) is 0.648. The summed E-state index contributed by atoms with van der Waals surface area (Å²) in [6, 6.07) is 11.2. The van der Waals surface area contributed by atoms with Gasteiger partial charge in [-0.3, -0.25) is 9.36 Å². The predicted octanol–water partition coefficient (Wildman–Crippen LogP) is 3.37. The lowest BCUT2D eigenvalue weighted by molar-refractivity contribution is 0.324. The molecule has 6 nitrogen and oxygen atoms in total. The molecule has 6 heteroatoms. The lowest BCUT2D eigenvalue weighted by Crippen LogP contribution is -2.20. The SMILES string of the molecule is COc1cc(C=C2CCn3c2nc2ccccc2c3=O)cc(OC)c1OC. The Morgan fingerprint density at radius 3 is 2.41 bits per heavy atom. The summed E-state index contributed by atoms with van der Waals surface area (Å²) in [5.74, 6) is 2.44. The molecular weight excluding hydrogens is 344 g/mol. The average Bonchev–Trinajstić information content (AvgIpc) is 3.10. The van der Waals surface area contributed by atoms with Crippen molar-refractivity contribution in [2.45, 2.75) is 13.0 Å². The van der Waals surface area contributed by atoms with E-state index < -0.39 is 0 Å². The quantitative estimate of drug-likeness (QED) is 0.710. The second-order valence-corrected chi connectivity index (χ2v) is 6.29. The van der Waals surface area contributed by atoms with Crippen molar-refractivity contribution in [3.05, 3.63) is 58.1 Å². The third-order valence-corrected chi connectivity index (χ3v) is 4.78. The van der Waals surface area contributed by atoms with Crippen molar-refractivity contribution < 1.29 is 14.2 Å². The Balaban J connectivity index is 1.86. The Bertz CT molecular complexity index is 1090. The van der Waals surface area contributed by atoms with E-state index in [0.29, 0.717) is 40.5 Å². The van der Waals surface area contributed by atoms with Gasteiger partial charge in [0.1, 0.15) is 5.82 Å². The highest BCUT2D eigenvalue weighted by atomic mass is 16.5. The monoisotopic (exact) mass is 364 g/mol. The van der Waals surface area contributed by atoms with Crippen LogP contribution in [0.3, 0.4) is 0 Å². The van der Waals surface area contributed by atoms with Crippen LogP contribution in [0.25, 0.3) is 22.6 Å². The Kier molecular flexibility index (Phi) is 4.32. The molecule has 0 spiro atoms. The van der Waals surface area contributed by atoms with E-state index in [-0.39, 0.29) is 5.56 Å². The second-order valence-electron chi connectivity index (χ2n) is 6.29. The fourth-order valence-corrected chi connectivity index (χ4v) is 3.49. The highest BCUT2D eigenvalue weighted by Gasteiger charge is 2.21. The Labute approximate surface area is 156 Å². The number of rotatable bonds is 4. The summed E-state index contributed by atoms with van der Waals surface area (Å²) >= 11 is 0. The number of hydrogen-bond acceptors (Lipinski definition) is 5. The molecule has 2 aromatic carbocycles. The third-order valence-electron chi connectivity index (χ3n) is 4.78. The first kappa shape index (κ1) is 17.1. The Morgan fingerprint density at radius 2 is 1.74 bits per heavy atom. The van der Waals surface area contributed by atoms with Gasteiger partial charge >= 0.3 is 0 Å². The van der Waals surface area contributed by atoms with Crippen LogP contribution in [0, 0.1) is 0 Å². The van der Waals surface area contributed by atoms with Crippen LogP contribution in [0.5, 0.6) is 17.2 Å². The fraction of sp³-hybridized carbons (Fsp3) is 0.238. The standard InChI is InChI=1S/C21H20N2O4/c1-25-17-11-13(12-18(26-2)19(17)27-3)10-14-8-9-23-20(14)22-16-7-5-4-6-15(16)21(23)24/h4-7,10-12H,8-9H2,1-3H3. The van der Waals surface area contributed by atoms with E-state index >= 15 is 0 Å². The van der Waals surface area contributed by atoms with E-state index in [1.807, 2.05) is 42.5 Å². The van der Waals surface area contributed by atoms with Crippen molar-refractivity contribution in [1.82, 2.24) is 9.55 Å². The first-order valence-corrected chi connectivity index (χ1v) is 8.66. The van der Waals surface area contributed by atoms with Gasteiger partial charge in [0.05, 0.1) is 32.2 Å². The molecule has 1 aliphatic heterocycles. The minimum atomic E-state index is 0.00360. The number of aromatic nitrogens is 2. The number of methoxy groups -OCH3 is 3. The van der Waals surface area contributed by atoms with E-state index in [1.54, 1.807) is 25.9 Å². The minimum absolute atomic E-state index is 0.00360. The van der Waals surface area contributed by atoms with E-state index in [1.165, 1.54) is 0 Å². The van der Waals surface area contributed by atoms with Crippen molar-refractivity contribution in [3.8, 4) is 17.2 Å². The van der Waals surface area contributed by atoms with Gasteiger partial charge in [-0.15, -0.1) is 0 Å². The molecule has 1 aromatic heterocycles. The van der Waals surface area contributed by atoms with Gasteiger partial charge in [-0.05, 0) is 47.9 Å². The molecule has 0 radical (unpaired) electrons. The summed E-state index contributed by atoms with van der Waals surface area (Å²) in [5.41, 5.74) is 2.62. The van der Waals surface area contributed by atoms with Gasteiger partial charge < -0.3 is 14.2 Å². The van der Waals surface area contributed by atoms with Crippen LogP contribution < -0.4 is 19.8 Å². The number of para-hydroxylation sites is 1. The molecule has 3 aromatic rings. The van der Waals surface area contributed by atoms with Crippen LogP contribution in [0.4, 0.5) is 0 Å². The van der Waals surface area contributed by atoms with Gasteiger partial charge in [-0.25, -0.2) is 4.98 Å². The number of allylic oxidation sites excluding steroid dienone is 1. The molecule has 27 heavy (non-hydrogen) atoms. The van der Waals surface area contributed by atoms with Crippen LogP contribution in [0.2, 0.25) is 0 Å². The molecule has 1 aliphatic rings. The molecule has 0 saturated heterocycles. The van der Waals surface area contributed by atoms with Gasteiger partial charge in [0.25, 0.3) is 5.56 Å². The van der Waals surface area contributed by atoms with E-state index in [0.717, 1.165) is 17.6 Å². The topological polar surface area (TPSA) is 62.6 Å². The molecule has 0 amide bonds. The van der Waals surface area contributed by atoms with Gasteiger partial charge in [0.2, 0.25) is 5.75 Å². The van der Waals surface area contributed by atoms with Gasteiger partial charge in [-0.1, -0.05) is 12.1 Å². The Morgan fingerprint density at radius 1 is 1.04 bits per heavy atom. The van der Waals surface area contributed by atoms with Crippen molar-refractivity contribution in [3.63, 3.8) is 0 Å². The average molecular weight is 364 g/mol. The van der Waals surface area contributed by atoms with E-state index in [9.17, 15) is 4.79 Å². The maximum atomic E-state index is 12.7. The highest BCUT2D eigenvalue weighted by molar-refractivity contribution is 5.85. The van der Waals surface area contributed by atoms with Crippen molar-refractivity contribution in [2.24, 2.45) is 0 Å². The van der Waals surface area contributed by atoms with Gasteiger partial charge in [0.15, 0.2) is 11.5 Å². The maximum Gasteiger partial charge on any atom is 0.261 e. The molecule has 138 valence electrons. The lowest BCUT2D eigenvalue weighted by atomic mass is 10.1. The number of hydrogen-bond donors (Lipinski definition) is 0.